The molecule has 1 aromatic carbocycles. The van der Waals surface area contributed by atoms with E-state index >= 15 is 0 Å². The molecular formula is C19H12N8O2. The maximum absolute atomic E-state index is 10.9. The third-order valence-corrected chi connectivity index (χ3v) is 4.02. The van der Waals surface area contributed by atoms with Crippen LogP contribution in [0.2, 0.25) is 0 Å². The van der Waals surface area contributed by atoms with Crippen molar-refractivity contribution in [2.45, 2.75) is 0 Å². The highest BCUT2D eigenvalue weighted by Gasteiger charge is 2.14. The molecule has 0 atom stereocenters. The third-order valence-electron chi connectivity index (χ3n) is 4.02. The highest BCUT2D eigenvalue weighted by atomic mass is 16.6. The number of nitro groups is 1. The van der Waals surface area contributed by atoms with Gasteiger partial charge in [0.1, 0.15) is 11.6 Å². The van der Waals surface area contributed by atoms with Crippen LogP contribution >= 0.6 is 0 Å². The lowest BCUT2D eigenvalue weighted by molar-refractivity contribution is -0.384. The molecule has 0 aliphatic rings. The first-order chi connectivity index (χ1) is 14.2. The molecule has 4 rings (SSSR count). The van der Waals surface area contributed by atoms with Crippen LogP contribution in [0, 0.1) is 21.4 Å². The Morgan fingerprint density at radius 2 is 2.00 bits per heavy atom. The summed E-state index contributed by atoms with van der Waals surface area (Å²) in [5, 5.41) is 35.8. The van der Waals surface area contributed by atoms with E-state index in [9.17, 15) is 15.4 Å². The maximum atomic E-state index is 10.9. The van der Waals surface area contributed by atoms with Gasteiger partial charge in [0.15, 0.2) is 17.5 Å². The van der Waals surface area contributed by atoms with Gasteiger partial charge in [-0.1, -0.05) is 18.2 Å². The fourth-order valence-corrected chi connectivity index (χ4v) is 2.66. The first kappa shape index (κ1) is 17.7. The summed E-state index contributed by atoms with van der Waals surface area (Å²) in [6, 6.07) is 16.9. The number of pyridine rings is 1. The zero-order valence-electron chi connectivity index (χ0n) is 14.8. The highest BCUT2D eigenvalue weighted by molar-refractivity contribution is 5.65. The van der Waals surface area contributed by atoms with Crippen molar-refractivity contribution in [2.24, 2.45) is 0 Å². The lowest BCUT2D eigenvalue weighted by atomic mass is 10.1. The quantitative estimate of drug-likeness (QED) is 0.409. The first-order valence-corrected chi connectivity index (χ1v) is 8.41. The van der Waals surface area contributed by atoms with E-state index in [4.69, 9.17) is 0 Å². The Morgan fingerprint density at radius 1 is 1.10 bits per heavy atom. The summed E-state index contributed by atoms with van der Waals surface area (Å²) in [6.45, 7) is 0. The SMILES string of the molecule is N#Cc1cnn(-c2ccccn2)c1Nc1ccc(-c2cccc([N+](=O)[O-])c2)nn1. The van der Waals surface area contributed by atoms with Crippen molar-refractivity contribution < 1.29 is 4.92 Å². The van der Waals surface area contributed by atoms with Gasteiger partial charge in [0.05, 0.1) is 16.8 Å². The summed E-state index contributed by atoms with van der Waals surface area (Å²) in [5.41, 5.74) is 1.36. The van der Waals surface area contributed by atoms with E-state index in [2.05, 4.69) is 31.7 Å². The van der Waals surface area contributed by atoms with Crippen molar-refractivity contribution in [3.63, 3.8) is 0 Å². The summed E-state index contributed by atoms with van der Waals surface area (Å²) in [5.74, 6) is 1.33. The molecule has 0 spiro atoms. The van der Waals surface area contributed by atoms with Gasteiger partial charge in [-0.15, -0.1) is 10.2 Å². The van der Waals surface area contributed by atoms with E-state index < -0.39 is 4.92 Å². The fourth-order valence-electron chi connectivity index (χ4n) is 2.66. The van der Waals surface area contributed by atoms with Crippen molar-refractivity contribution in [3.8, 4) is 23.1 Å². The molecule has 0 unspecified atom stereocenters. The van der Waals surface area contributed by atoms with Crippen LogP contribution in [0.3, 0.4) is 0 Å². The minimum Gasteiger partial charge on any atom is -0.322 e. The van der Waals surface area contributed by atoms with Crippen LogP contribution in [-0.4, -0.2) is 29.9 Å². The number of non-ortho nitro benzene ring substituents is 1. The number of nitro benzene ring substituents is 1. The van der Waals surface area contributed by atoms with E-state index in [0.717, 1.165) is 0 Å². The molecule has 0 aliphatic carbocycles. The Hall–Kier alpha value is -4.65. The topological polar surface area (TPSA) is 135 Å². The number of anilines is 2. The number of benzene rings is 1. The van der Waals surface area contributed by atoms with Crippen LogP contribution in [0.1, 0.15) is 5.56 Å². The van der Waals surface area contributed by atoms with Crippen LogP contribution < -0.4 is 5.32 Å². The van der Waals surface area contributed by atoms with Crippen LogP contribution in [0.15, 0.2) is 67.0 Å². The summed E-state index contributed by atoms with van der Waals surface area (Å²) in [7, 11) is 0. The molecule has 0 saturated heterocycles. The summed E-state index contributed by atoms with van der Waals surface area (Å²) >= 11 is 0. The molecule has 140 valence electrons. The van der Waals surface area contributed by atoms with Gasteiger partial charge in [-0.05, 0) is 24.3 Å². The van der Waals surface area contributed by atoms with Crippen LogP contribution in [0.4, 0.5) is 17.3 Å². The average molecular weight is 384 g/mol. The Bertz CT molecular complexity index is 1210. The van der Waals surface area contributed by atoms with Gasteiger partial charge in [0, 0.05) is 23.9 Å². The minimum atomic E-state index is -0.463. The molecule has 1 N–H and O–H groups in total. The number of rotatable bonds is 5. The van der Waals surface area contributed by atoms with E-state index in [0.29, 0.717) is 34.3 Å². The molecule has 0 bridgehead atoms. The number of hydrogen-bond acceptors (Lipinski definition) is 8. The van der Waals surface area contributed by atoms with Gasteiger partial charge in [0.2, 0.25) is 0 Å². The second-order valence-corrected chi connectivity index (χ2v) is 5.85. The zero-order chi connectivity index (χ0) is 20.2. The van der Waals surface area contributed by atoms with Crippen LogP contribution in [0.25, 0.3) is 17.1 Å². The number of hydrogen-bond donors (Lipinski definition) is 1. The molecule has 0 aliphatic heterocycles. The first-order valence-electron chi connectivity index (χ1n) is 8.41. The Morgan fingerprint density at radius 3 is 2.69 bits per heavy atom. The van der Waals surface area contributed by atoms with Crippen molar-refractivity contribution in [1.29, 1.82) is 5.26 Å². The van der Waals surface area contributed by atoms with Crippen molar-refractivity contribution in [2.75, 3.05) is 5.32 Å². The second kappa shape index (κ2) is 7.53. The van der Waals surface area contributed by atoms with Crippen LogP contribution in [-0.2, 0) is 0 Å². The number of aromatic nitrogens is 5. The largest absolute Gasteiger partial charge is 0.322 e. The zero-order valence-corrected chi connectivity index (χ0v) is 14.8. The number of nitriles is 1. The molecule has 3 heterocycles. The van der Waals surface area contributed by atoms with Gasteiger partial charge in [-0.3, -0.25) is 10.1 Å². The van der Waals surface area contributed by atoms with Gasteiger partial charge in [-0.2, -0.15) is 15.0 Å². The second-order valence-electron chi connectivity index (χ2n) is 5.85. The van der Waals surface area contributed by atoms with E-state index in [-0.39, 0.29) is 5.69 Å². The minimum absolute atomic E-state index is 0.0237. The number of nitrogens with one attached hydrogen (secondary N) is 1. The van der Waals surface area contributed by atoms with E-state index in [1.54, 1.807) is 42.6 Å². The molecule has 0 amide bonds. The van der Waals surface area contributed by atoms with Gasteiger partial charge in [0.25, 0.3) is 5.69 Å². The molecule has 10 heteroatoms. The molecule has 3 aromatic heterocycles. The molecule has 10 nitrogen and oxygen atoms in total. The predicted molar refractivity (Wildman–Crippen MR) is 103 cm³/mol. The lowest BCUT2D eigenvalue weighted by Crippen LogP contribution is -2.06. The molecule has 4 aromatic rings. The standard InChI is InChI=1S/C19H12N8O2/c20-11-14-12-22-26(18-6-1-2-9-21-18)19(14)23-17-8-7-16(24-25-17)13-4-3-5-15(10-13)27(28)29/h1-10,12H,(H,23,25). The maximum Gasteiger partial charge on any atom is 0.270 e. The summed E-state index contributed by atoms with van der Waals surface area (Å²) in [4.78, 5) is 14.7. The molecule has 0 saturated carbocycles. The summed E-state index contributed by atoms with van der Waals surface area (Å²) < 4.78 is 1.49. The Balaban J connectivity index is 1.64. The van der Waals surface area contributed by atoms with E-state index in [1.165, 1.54) is 23.0 Å². The highest BCUT2D eigenvalue weighted by Crippen LogP contribution is 2.25. The van der Waals surface area contributed by atoms with Gasteiger partial charge >= 0.3 is 0 Å². The van der Waals surface area contributed by atoms with Gasteiger partial charge in [-0.25, -0.2) is 4.98 Å². The Labute approximate surface area is 164 Å². The molecular weight excluding hydrogens is 372 g/mol. The van der Waals surface area contributed by atoms with Crippen molar-refractivity contribution in [3.05, 3.63) is 82.7 Å². The average Bonchev–Trinajstić information content (AvgIpc) is 3.17. The molecule has 29 heavy (non-hydrogen) atoms. The van der Waals surface area contributed by atoms with E-state index in [1.807, 2.05) is 6.07 Å². The smallest absolute Gasteiger partial charge is 0.270 e. The number of nitrogens with zero attached hydrogens (tertiary/aromatic N) is 7. The molecule has 0 radical (unpaired) electrons. The van der Waals surface area contributed by atoms with Crippen molar-refractivity contribution in [1.82, 2.24) is 25.0 Å². The fraction of sp³-hybridized carbons (Fsp3) is 0. The summed E-state index contributed by atoms with van der Waals surface area (Å²) in [6.07, 6.45) is 3.06. The monoisotopic (exact) mass is 384 g/mol. The third kappa shape index (κ3) is 3.60. The molecule has 0 fully saturated rings. The Kier molecular flexibility index (Phi) is 4.61. The normalized spacial score (nSPS) is 10.3. The van der Waals surface area contributed by atoms with Crippen molar-refractivity contribution >= 4 is 17.3 Å². The lowest BCUT2D eigenvalue weighted by Gasteiger charge is -2.09. The van der Waals surface area contributed by atoms with Gasteiger partial charge < -0.3 is 5.32 Å². The predicted octanol–water partition coefficient (Wildman–Crippen LogP) is 3.25. The van der Waals surface area contributed by atoms with Crippen LogP contribution in [0.5, 0.6) is 0 Å².